The smallest absolute Gasteiger partial charge is 0.270 e. The van der Waals surface area contributed by atoms with Gasteiger partial charge >= 0.3 is 0 Å². The topological polar surface area (TPSA) is 95.8 Å². The van der Waals surface area contributed by atoms with E-state index in [4.69, 9.17) is 0 Å². The average Bonchev–Trinajstić information content (AvgIpc) is 3.00. The first-order valence-corrected chi connectivity index (χ1v) is 8.95. The number of aromatic amines is 1. The van der Waals surface area contributed by atoms with Crippen LogP contribution in [-0.4, -0.2) is 31.9 Å². The molecule has 0 bridgehead atoms. The molecular formula is C19H23F2N5O2. The molecule has 0 saturated carbocycles. The van der Waals surface area contributed by atoms with Crippen molar-refractivity contribution in [1.29, 1.82) is 0 Å². The van der Waals surface area contributed by atoms with E-state index >= 15 is 0 Å². The summed E-state index contributed by atoms with van der Waals surface area (Å²) in [5, 5.41) is 17.1. The van der Waals surface area contributed by atoms with E-state index in [0.717, 1.165) is 12.5 Å². The van der Waals surface area contributed by atoms with Gasteiger partial charge in [0.1, 0.15) is 11.1 Å². The van der Waals surface area contributed by atoms with Crippen molar-refractivity contribution in [1.82, 2.24) is 19.7 Å². The van der Waals surface area contributed by atoms with E-state index in [1.807, 2.05) is 13.8 Å². The maximum absolute atomic E-state index is 13.6. The first kappa shape index (κ1) is 19.9. The molecular weight excluding hydrogens is 368 g/mol. The third-order valence-electron chi connectivity index (χ3n) is 4.67. The molecule has 0 amide bonds. The van der Waals surface area contributed by atoms with Crippen LogP contribution < -0.4 is 10.9 Å². The second-order valence-corrected chi connectivity index (χ2v) is 7.11. The van der Waals surface area contributed by atoms with Crippen molar-refractivity contribution in [3.8, 4) is 0 Å². The molecule has 3 rings (SSSR count). The van der Waals surface area contributed by atoms with E-state index in [1.165, 1.54) is 12.1 Å². The molecule has 28 heavy (non-hydrogen) atoms. The van der Waals surface area contributed by atoms with E-state index in [2.05, 4.69) is 20.4 Å². The van der Waals surface area contributed by atoms with Crippen molar-refractivity contribution < 1.29 is 13.9 Å². The van der Waals surface area contributed by atoms with Crippen molar-refractivity contribution >= 4 is 17.0 Å². The lowest BCUT2D eigenvalue weighted by molar-refractivity contribution is 0.0174. The number of nitrogens with zero attached hydrogens (tertiary/aromatic N) is 3. The van der Waals surface area contributed by atoms with E-state index in [0.29, 0.717) is 5.65 Å². The molecule has 0 fully saturated rings. The third-order valence-corrected chi connectivity index (χ3v) is 4.67. The van der Waals surface area contributed by atoms with Crippen LogP contribution in [0, 0.1) is 5.92 Å². The fourth-order valence-corrected chi connectivity index (χ4v) is 3.32. The van der Waals surface area contributed by atoms with E-state index in [1.54, 1.807) is 23.9 Å². The van der Waals surface area contributed by atoms with Crippen LogP contribution in [0.5, 0.6) is 0 Å². The number of hydrogen-bond acceptors (Lipinski definition) is 5. The molecule has 2 aromatic heterocycles. The summed E-state index contributed by atoms with van der Waals surface area (Å²) in [7, 11) is 1.63. The molecule has 9 heteroatoms. The second-order valence-electron chi connectivity index (χ2n) is 7.11. The largest absolute Gasteiger partial charge is 0.390 e. The number of halogens is 2. The highest BCUT2D eigenvalue weighted by atomic mass is 19.3. The number of anilines is 1. The molecule has 2 heterocycles. The molecule has 0 aliphatic carbocycles. The predicted molar refractivity (Wildman–Crippen MR) is 103 cm³/mol. The van der Waals surface area contributed by atoms with E-state index in [9.17, 15) is 18.7 Å². The number of H-pyrrole nitrogens is 1. The van der Waals surface area contributed by atoms with Crippen molar-refractivity contribution in [3.05, 3.63) is 51.4 Å². The van der Waals surface area contributed by atoms with E-state index < -0.39 is 18.1 Å². The molecule has 3 N–H and O–H groups in total. The molecule has 0 aliphatic rings. The number of benzene rings is 1. The van der Waals surface area contributed by atoms with Gasteiger partial charge in [-0.15, -0.1) is 0 Å². The summed E-state index contributed by atoms with van der Waals surface area (Å²) in [6.07, 6.45) is 0. The summed E-state index contributed by atoms with van der Waals surface area (Å²) < 4.78 is 28.7. The highest BCUT2D eigenvalue weighted by Gasteiger charge is 2.27. The van der Waals surface area contributed by atoms with Crippen LogP contribution in [0.4, 0.5) is 14.7 Å². The summed E-state index contributed by atoms with van der Waals surface area (Å²) in [6, 6.07) is 5.69. The Morgan fingerprint density at radius 2 is 1.93 bits per heavy atom. The van der Waals surface area contributed by atoms with Gasteiger partial charge < -0.3 is 10.4 Å². The SMILES string of the molecule is CNc1nc2c(c(CO)nn2[C@H](c2ccc(C(C)(F)F)cc2)C(C)C)c(=O)[nH]1. The second kappa shape index (κ2) is 7.31. The van der Waals surface area contributed by atoms with Crippen LogP contribution in [0.15, 0.2) is 29.1 Å². The highest BCUT2D eigenvalue weighted by molar-refractivity contribution is 5.78. The molecule has 7 nitrogen and oxygen atoms in total. The fourth-order valence-electron chi connectivity index (χ4n) is 3.32. The summed E-state index contributed by atoms with van der Waals surface area (Å²) in [5.74, 6) is -2.64. The zero-order valence-electron chi connectivity index (χ0n) is 16.1. The van der Waals surface area contributed by atoms with Crippen molar-refractivity contribution in [2.75, 3.05) is 12.4 Å². The fraction of sp³-hybridized carbons (Fsp3) is 0.421. The van der Waals surface area contributed by atoms with Gasteiger partial charge in [0.15, 0.2) is 5.65 Å². The molecule has 0 saturated heterocycles. The predicted octanol–water partition coefficient (Wildman–Crippen LogP) is 3.01. The first-order valence-electron chi connectivity index (χ1n) is 8.95. The van der Waals surface area contributed by atoms with Gasteiger partial charge in [0.05, 0.1) is 12.6 Å². The summed E-state index contributed by atoms with van der Waals surface area (Å²) >= 11 is 0. The Labute approximate surface area is 160 Å². The normalized spacial score (nSPS) is 13.3. The minimum Gasteiger partial charge on any atom is -0.390 e. The van der Waals surface area contributed by atoms with Gasteiger partial charge in [-0.2, -0.15) is 10.1 Å². The Hall–Kier alpha value is -2.81. The Balaban J connectivity index is 2.21. The summed E-state index contributed by atoms with van der Waals surface area (Å²) in [4.78, 5) is 19.5. The Morgan fingerprint density at radius 3 is 2.43 bits per heavy atom. The van der Waals surface area contributed by atoms with Gasteiger partial charge in [-0.1, -0.05) is 38.1 Å². The quantitative estimate of drug-likeness (QED) is 0.600. The molecule has 150 valence electrons. The number of hydrogen-bond donors (Lipinski definition) is 3. The Bertz CT molecular complexity index is 1040. The van der Waals surface area contributed by atoms with Crippen LogP contribution in [0.25, 0.3) is 11.0 Å². The Morgan fingerprint density at radius 1 is 1.29 bits per heavy atom. The van der Waals surface area contributed by atoms with Gasteiger partial charge in [0, 0.05) is 19.5 Å². The third kappa shape index (κ3) is 3.49. The van der Waals surface area contributed by atoms with Crippen molar-refractivity contribution in [2.24, 2.45) is 5.92 Å². The van der Waals surface area contributed by atoms with Crippen LogP contribution in [0.3, 0.4) is 0 Å². The highest BCUT2D eigenvalue weighted by Crippen LogP contribution is 2.32. The number of aliphatic hydroxyl groups excluding tert-OH is 1. The lowest BCUT2D eigenvalue weighted by atomic mass is 9.94. The average molecular weight is 391 g/mol. The zero-order chi connectivity index (χ0) is 20.6. The number of aliphatic hydroxyl groups is 1. The molecule has 1 aromatic carbocycles. The first-order chi connectivity index (χ1) is 13.2. The van der Waals surface area contributed by atoms with Crippen molar-refractivity contribution in [3.63, 3.8) is 0 Å². The number of rotatable bonds is 6. The number of aromatic nitrogens is 4. The maximum atomic E-state index is 13.6. The summed E-state index contributed by atoms with van der Waals surface area (Å²) in [6.45, 7) is 4.36. The van der Waals surface area contributed by atoms with Gasteiger partial charge in [-0.05, 0) is 11.5 Å². The minimum absolute atomic E-state index is 0.0155. The lowest BCUT2D eigenvalue weighted by Crippen LogP contribution is -2.20. The standard InChI is InChI=1S/C19H23F2N5O2/c1-10(2)15(11-5-7-12(8-6-11)19(3,20)21)26-16-14(13(9-27)25-26)17(28)24-18(22-4)23-16/h5-8,10,15,27H,9H2,1-4H3,(H2,22,23,24,28)/t15-/m0/s1. The maximum Gasteiger partial charge on any atom is 0.270 e. The zero-order valence-corrected chi connectivity index (χ0v) is 16.1. The number of alkyl halides is 2. The van der Waals surface area contributed by atoms with Crippen LogP contribution >= 0.6 is 0 Å². The van der Waals surface area contributed by atoms with Crippen molar-refractivity contribution in [2.45, 2.75) is 39.3 Å². The van der Waals surface area contributed by atoms with Gasteiger partial charge in [-0.3, -0.25) is 9.78 Å². The monoisotopic (exact) mass is 391 g/mol. The number of fused-ring (bicyclic) bond motifs is 1. The van der Waals surface area contributed by atoms with Crippen LogP contribution in [-0.2, 0) is 12.5 Å². The molecule has 3 aromatic rings. The minimum atomic E-state index is -2.93. The molecule has 0 aliphatic heterocycles. The summed E-state index contributed by atoms with van der Waals surface area (Å²) in [5.41, 5.74) is 0.805. The molecule has 0 unspecified atom stereocenters. The van der Waals surface area contributed by atoms with Crippen LogP contribution in [0.1, 0.15) is 43.6 Å². The number of nitrogens with one attached hydrogen (secondary N) is 2. The van der Waals surface area contributed by atoms with Gasteiger partial charge in [0.25, 0.3) is 11.5 Å². The van der Waals surface area contributed by atoms with Gasteiger partial charge in [-0.25, -0.2) is 13.5 Å². The lowest BCUT2D eigenvalue weighted by Gasteiger charge is -2.23. The van der Waals surface area contributed by atoms with Gasteiger partial charge in [0.2, 0.25) is 5.95 Å². The molecule has 1 atom stereocenters. The Kier molecular flexibility index (Phi) is 5.20. The van der Waals surface area contributed by atoms with E-state index in [-0.39, 0.29) is 34.6 Å². The molecule has 0 spiro atoms. The van der Waals surface area contributed by atoms with Crippen LogP contribution in [0.2, 0.25) is 0 Å². The molecule has 0 radical (unpaired) electrons.